The summed E-state index contributed by atoms with van der Waals surface area (Å²) in [7, 11) is 0. The van der Waals surface area contributed by atoms with Gasteiger partial charge >= 0.3 is 5.69 Å². The Morgan fingerprint density at radius 3 is 2.24 bits per heavy atom. The summed E-state index contributed by atoms with van der Waals surface area (Å²) >= 11 is 0. The molecule has 2 aliphatic rings. The molecule has 2 aromatic heterocycles. The van der Waals surface area contributed by atoms with Crippen LogP contribution in [0.25, 0.3) is 5.69 Å². The standard InChI is InChI=1S/C20H20FN3O3.C19H29N5O.C2H6/c1-15-2-8-18(9-3-15)25-10-19-26-12-20(27-19,11-24-14-22-13-23-24)16-4-6-17(21)7-5-16;1-15(19(2,3)4)13-24-18(25)23(14-21-24)17-7-5-16(6-8-17)22-11-9-20-10-12-22;1-2/h2-9,13-14,19H,10-12H2,1H3;5-8,14-15,20H,9-13H2,1-4H3;1-2H3. The quantitative estimate of drug-likeness (QED) is 0.178. The number of hydrogen-bond acceptors (Lipinski definition) is 9. The van der Waals surface area contributed by atoms with Gasteiger partial charge in [0.25, 0.3) is 0 Å². The zero-order valence-corrected chi connectivity index (χ0v) is 32.6. The van der Waals surface area contributed by atoms with Crippen molar-refractivity contribution in [3.8, 4) is 11.4 Å². The molecule has 0 radical (unpaired) electrons. The molecule has 13 heteroatoms. The van der Waals surface area contributed by atoms with Crippen molar-refractivity contribution < 1.29 is 18.6 Å². The number of aryl methyl sites for hydroxylation is 1. The van der Waals surface area contributed by atoms with Crippen LogP contribution < -0.4 is 20.6 Å². The van der Waals surface area contributed by atoms with Gasteiger partial charge in [0.05, 0.1) is 18.8 Å². The number of benzene rings is 3. The van der Waals surface area contributed by atoms with Crippen LogP contribution in [0.1, 0.15) is 52.7 Å². The van der Waals surface area contributed by atoms with E-state index in [2.05, 4.69) is 65.2 Å². The van der Waals surface area contributed by atoms with E-state index in [1.165, 1.54) is 29.7 Å². The lowest BCUT2D eigenvalue weighted by molar-refractivity contribution is -0.116. The Hall–Kier alpha value is -4.85. The van der Waals surface area contributed by atoms with Crippen LogP contribution in [0, 0.1) is 24.1 Å². The van der Waals surface area contributed by atoms with Gasteiger partial charge in [-0.2, -0.15) is 10.2 Å². The Morgan fingerprint density at radius 1 is 0.944 bits per heavy atom. The normalized spacial score (nSPS) is 19.0. The van der Waals surface area contributed by atoms with Crippen LogP contribution >= 0.6 is 0 Å². The van der Waals surface area contributed by atoms with Crippen molar-refractivity contribution in [3.05, 3.63) is 119 Å². The monoisotopic (exact) mass is 742 g/mol. The Labute approximate surface area is 317 Å². The highest BCUT2D eigenvalue weighted by atomic mass is 19.1. The third kappa shape index (κ3) is 10.4. The molecule has 1 N–H and O–H groups in total. The van der Waals surface area contributed by atoms with Crippen LogP contribution in [0.15, 0.2) is 96.6 Å². The third-order valence-electron chi connectivity index (χ3n) is 9.79. The molecule has 3 unspecified atom stereocenters. The highest BCUT2D eigenvalue weighted by Gasteiger charge is 2.44. The highest BCUT2D eigenvalue weighted by Crippen LogP contribution is 2.36. The molecular formula is C41H55FN8O4. The third-order valence-corrected chi connectivity index (χ3v) is 9.79. The van der Waals surface area contributed by atoms with Gasteiger partial charge in [0.1, 0.15) is 42.8 Å². The fraction of sp³-hybridized carbons (Fsp3) is 0.463. The highest BCUT2D eigenvalue weighted by molar-refractivity contribution is 5.51. The van der Waals surface area contributed by atoms with Crippen LogP contribution in [-0.4, -0.2) is 74.8 Å². The first-order valence-electron chi connectivity index (χ1n) is 18.8. The van der Waals surface area contributed by atoms with Crippen molar-refractivity contribution in [2.75, 3.05) is 44.3 Å². The number of halogens is 1. The molecule has 2 fully saturated rings. The van der Waals surface area contributed by atoms with Crippen LogP contribution in [0.4, 0.5) is 10.1 Å². The van der Waals surface area contributed by atoms with Crippen LogP contribution in [-0.2, 0) is 28.2 Å². The number of anilines is 1. The van der Waals surface area contributed by atoms with Crippen molar-refractivity contribution in [1.29, 1.82) is 0 Å². The fourth-order valence-electron chi connectivity index (χ4n) is 6.00. The second-order valence-corrected chi connectivity index (χ2v) is 14.6. The van der Waals surface area contributed by atoms with Crippen LogP contribution in [0.2, 0.25) is 0 Å². The van der Waals surface area contributed by atoms with E-state index in [1.807, 2.05) is 57.2 Å². The Balaban J connectivity index is 0.000000199. The molecular weight excluding hydrogens is 688 g/mol. The second kappa shape index (κ2) is 18.5. The second-order valence-electron chi connectivity index (χ2n) is 14.6. The molecule has 0 saturated carbocycles. The van der Waals surface area contributed by atoms with Crippen molar-refractivity contribution in [3.63, 3.8) is 0 Å². The minimum atomic E-state index is -0.789. The molecule has 4 heterocycles. The smallest absolute Gasteiger partial charge is 0.350 e. The number of ether oxygens (including phenoxy) is 3. The summed E-state index contributed by atoms with van der Waals surface area (Å²) in [6, 6.07) is 22.2. The Morgan fingerprint density at radius 2 is 1.61 bits per heavy atom. The lowest BCUT2D eigenvalue weighted by atomic mass is 9.82. The molecule has 54 heavy (non-hydrogen) atoms. The molecule has 0 aliphatic carbocycles. The summed E-state index contributed by atoms with van der Waals surface area (Å²) in [5.41, 5.74) is 3.32. The first-order valence-corrected chi connectivity index (χ1v) is 18.8. The number of piperazine rings is 1. The van der Waals surface area contributed by atoms with E-state index in [1.54, 1.807) is 38.7 Å². The van der Waals surface area contributed by atoms with Gasteiger partial charge in [0.15, 0.2) is 6.29 Å². The van der Waals surface area contributed by atoms with E-state index in [0.717, 1.165) is 43.2 Å². The van der Waals surface area contributed by atoms with Crippen LogP contribution in [0.5, 0.6) is 5.75 Å². The fourth-order valence-corrected chi connectivity index (χ4v) is 6.00. The van der Waals surface area contributed by atoms with E-state index in [0.29, 0.717) is 25.6 Å². The molecule has 7 rings (SSSR count). The Bertz CT molecular complexity index is 1900. The zero-order valence-electron chi connectivity index (χ0n) is 32.6. The lowest BCUT2D eigenvalue weighted by Crippen LogP contribution is -2.43. The summed E-state index contributed by atoms with van der Waals surface area (Å²) < 4.78 is 36.1. The van der Waals surface area contributed by atoms with Gasteiger partial charge in [-0.15, -0.1) is 0 Å². The van der Waals surface area contributed by atoms with Gasteiger partial charge in [0.2, 0.25) is 0 Å². The summed E-state index contributed by atoms with van der Waals surface area (Å²) in [6.45, 7) is 20.4. The van der Waals surface area contributed by atoms with Crippen molar-refractivity contribution >= 4 is 5.69 Å². The molecule has 3 aromatic carbocycles. The maximum absolute atomic E-state index is 13.4. The number of hydrogen-bond donors (Lipinski definition) is 1. The molecule has 3 atom stereocenters. The minimum Gasteiger partial charge on any atom is -0.488 e. The number of nitrogens with one attached hydrogen (secondary N) is 1. The molecule has 2 aliphatic heterocycles. The largest absolute Gasteiger partial charge is 0.488 e. The minimum absolute atomic E-state index is 0.0778. The molecule has 0 spiro atoms. The van der Waals surface area contributed by atoms with Crippen molar-refractivity contribution in [2.24, 2.45) is 11.3 Å². The molecule has 290 valence electrons. The van der Waals surface area contributed by atoms with Gasteiger partial charge in [-0.1, -0.05) is 71.4 Å². The van der Waals surface area contributed by atoms with E-state index < -0.39 is 11.9 Å². The van der Waals surface area contributed by atoms with E-state index in [9.17, 15) is 9.18 Å². The van der Waals surface area contributed by atoms with Crippen molar-refractivity contribution in [1.82, 2.24) is 34.4 Å². The zero-order chi connectivity index (χ0) is 38.7. The van der Waals surface area contributed by atoms with Gasteiger partial charge in [-0.3, -0.25) is 0 Å². The van der Waals surface area contributed by atoms with Gasteiger partial charge in [0, 0.05) is 38.4 Å². The summed E-state index contributed by atoms with van der Waals surface area (Å²) in [5, 5.41) is 11.8. The Kier molecular flexibility index (Phi) is 13.8. The van der Waals surface area contributed by atoms with Crippen molar-refractivity contribution in [2.45, 2.75) is 73.4 Å². The van der Waals surface area contributed by atoms with Gasteiger partial charge in [-0.05, 0) is 72.4 Å². The molecule has 12 nitrogen and oxygen atoms in total. The number of aromatic nitrogens is 6. The molecule has 0 amide bonds. The average Bonchev–Trinajstić information content (AvgIpc) is 3.94. The van der Waals surface area contributed by atoms with E-state index in [4.69, 9.17) is 14.2 Å². The molecule has 2 saturated heterocycles. The topological polar surface area (TPSA) is 113 Å². The molecule has 5 aromatic rings. The van der Waals surface area contributed by atoms with E-state index >= 15 is 0 Å². The van der Waals surface area contributed by atoms with E-state index in [-0.39, 0.29) is 23.5 Å². The van der Waals surface area contributed by atoms with Crippen LogP contribution in [0.3, 0.4) is 0 Å². The number of rotatable bonds is 10. The first kappa shape index (κ1) is 40.3. The molecule has 0 bridgehead atoms. The maximum Gasteiger partial charge on any atom is 0.350 e. The summed E-state index contributed by atoms with van der Waals surface area (Å²) in [6.07, 6.45) is 4.16. The number of nitrogens with zero attached hydrogens (tertiary/aromatic N) is 7. The maximum atomic E-state index is 13.4. The predicted octanol–water partition coefficient (Wildman–Crippen LogP) is 6.23. The van der Waals surface area contributed by atoms with Gasteiger partial charge < -0.3 is 24.4 Å². The summed E-state index contributed by atoms with van der Waals surface area (Å²) in [4.78, 5) is 19.0. The first-order chi connectivity index (χ1) is 26.0. The average molecular weight is 743 g/mol. The lowest BCUT2D eigenvalue weighted by Gasteiger charge is -2.29. The van der Waals surface area contributed by atoms with Gasteiger partial charge in [-0.25, -0.2) is 28.1 Å². The predicted molar refractivity (Wildman–Crippen MR) is 208 cm³/mol. The summed E-state index contributed by atoms with van der Waals surface area (Å²) in [5.74, 6) is 0.819. The SMILES string of the molecule is CC.CC(Cn1ncn(-c2ccc(N3CCNCC3)cc2)c1=O)C(C)(C)C.Cc1ccc(OCC2OCC(Cn3cncn3)(c3ccc(F)cc3)O2)cc1.